The quantitative estimate of drug-likeness (QED) is 0.581. The van der Waals surface area contributed by atoms with Gasteiger partial charge < -0.3 is 5.11 Å². The van der Waals surface area contributed by atoms with Crippen LogP contribution in [0.25, 0.3) is 0 Å². The minimum absolute atomic E-state index is 0.575. The van der Waals surface area contributed by atoms with Crippen molar-refractivity contribution in [2.75, 3.05) is 0 Å². The van der Waals surface area contributed by atoms with Crippen molar-refractivity contribution >= 4 is 28.4 Å². The molecule has 1 atom stereocenters. The van der Waals surface area contributed by atoms with Gasteiger partial charge in [-0.15, -0.1) is 11.7 Å². The number of hydrogen-bond donors (Lipinski definition) is 2. The maximum Gasteiger partial charge on any atom is 0.322 e. The lowest BCUT2D eigenvalue weighted by atomic mass is 10.1. The SMILES string of the molecule is O=C(O)C(SS)c1ccccc1. The summed E-state index contributed by atoms with van der Waals surface area (Å²) in [5.41, 5.74) is 0.769. The summed E-state index contributed by atoms with van der Waals surface area (Å²) in [5.74, 6) is -0.860. The van der Waals surface area contributed by atoms with Crippen molar-refractivity contribution in [2.24, 2.45) is 0 Å². The predicted octanol–water partition coefficient (Wildman–Crippen LogP) is 2.39. The third-order valence-corrected chi connectivity index (χ3v) is 2.75. The number of thiol groups is 1. The molecule has 1 rings (SSSR count). The van der Waals surface area contributed by atoms with E-state index in [1.54, 1.807) is 12.1 Å². The van der Waals surface area contributed by atoms with E-state index in [1.807, 2.05) is 18.2 Å². The maximum atomic E-state index is 10.7. The Labute approximate surface area is 79.8 Å². The Kier molecular flexibility index (Phi) is 3.49. The first-order chi connectivity index (χ1) is 5.75. The number of carbonyl (C=O) groups is 1. The summed E-state index contributed by atoms with van der Waals surface area (Å²) < 4.78 is 0. The Morgan fingerprint density at radius 3 is 2.42 bits per heavy atom. The van der Waals surface area contributed by atoms with E-state index in [2.05, 4.69) is 11.7 Å². The first kappa shape index (κ1) is 9.48. The summed E-state index contributed by atoms with van der Waals surface area (Å²) in [7, 11) is 1.03. The van der Waals surface area contributed by atoms with E-state index in [1.165, 1.54) is 0 Å². The molecule has 0 fully saturated rings. The fourth-order valence-corrected chi connectivity index (χ4v) is 1.88. The lowest BCUT2D eigenvalue weighted by molar-refractivity contribution is -0.136. The third kappa shape index (κ3) is 2.19. The fraction of sp³-hybridized carbons (Fsp3) is 0.125. The van der Waals surface area contributed by atoms with E-state index in [-0.39, 0.29) is 0 Å². The van der Waals surface area contributed by atoms with Gasteiger partial charge in [0.05, 0.1) is 0 Å². The molecule has 0 spiro atoms. The van der Waals surface area contributed by atoms with Crippen LogP contribution in [0.15, 0.2) is 30.3 Å². The molecule has 64 valence electrons. The average Bonchev–Trinajstić information content (AvgIpc) is 2.07. The number of aliphatic carboxylic acids is 1. The van der Waals surface area contributed by atoms with Crippen LogP contribution < -0.4 is 0 Å². The summed E-state index contributed by atoms with van der Waals surface area (Å²) in [6, 6.07) is 9.04. The Morgan fingerprint density at radius 2 is 2.00 bits per heavy atom. The highest BCUT2D eigenvalue weighted by atomic mass is 33.1. The third-order valence-electron chi connectivity index (χ3n) is 1.43. The van der Waals surface area contributed by atoms with Gasteiger partial charge in [-0.3, -0.25) is 4.79 Å². The molecular formula is C8H8O2S2. The monoisotopic (exact) mass is 200 g/mol. The summed E-state index contributed by atoms with van der Waals surface area (Å²) in [6.45, 7) is 0. The second kappa shape index (κ2) is 4.42. The molecule has 1 unspecified atom stereocenters. The molecule has 0 saturated heterocycles. The molecule has 1 N–H and O–H groups in total. The zero-order valence-corrected chi connectivity index (χ0v) is 7.89. The Morgan fingerprint density at radius 1 is 1.42 bits per heavy atom. The van der Waals surface area contributed by atoms with Gasteiger partial charge in [-0.05, 0) is 5.56 Å². The largest absolute Gasteiger partial charge is 0.480 e. The van der Waals surface area contributed by atoms with E-state index in [9.17, 15) is 4.79 Å². The maximum absolute atomic E-state index is 10.7. The summed E-state index contributed by atoms with van der Waals surface area (Å²) in [5, 5.41) is 8.18. The van der Waals surface area contributed by atoms with Crippen molar-refractivity contribution in [2.45, 2.75) is 5.25 Å². The molecule has 12 heavy (non-hydrogen) atoms. The normalized spacial score (nSPS) is 12.4. The van der Waals surface area contributed by atoms with Gasteiger partial charge in [-0.25, -0.2) is 0 Å². The van der Waals surface area contributed by atoms with E-state index in [0.29, 0.717) is 0 Å². The highest BCUT2D eigenvalue weighted by molar-refractivity contribution is 8.68. The predicted molar refractivity (Wildman–Crippen MR) is 53.4 cm³/mol. The van der Waals surface area contributed by atoms with Gasteiger partial charge in [0.1, 0.15) is 5.25 Å². The molecule has 0 aliphatic carbocycles. The fourth-order valence-electron chi connectivity index (χ4n) is 0.876. The van der Waals surface area contributed by atoms with E-state index in [0.717, 1.165) is 16.4 Å². The van der Waals surface area contributed by atoms with Crippen molar-refractivity contribution in [1.29, 1.82) is 0 Å². The summed E-state index contributed by atoms with van der Waals surface area (Å²) in [6.07, 6.45) is 0. The number of carboxylic acid groups (broad SMARTS) is 1. The molecule has 4 heteroatoms. The summed E-state index contributed by atoms with van der Waals surface area (Å²) in [4.78, 5) is 10.7. The van der Waals surface area contributed by atoms with Crippen LogP contribution >= 0.6 is 22.5 Å². The van der Waals surface area contributed by atoms with Gasteiger partial charge in [-0.2, -0.15) is 0 Å². The zero-order chi connectivity index (χ0) is 8.97. The number of rotatable bonds is 3. The Balaban J connectivity index is 2.88. The smallest absolute Gasteiger partial charge is 0.322 e. The molecule has 1 aromatic rings. The first-order valence-electron chi connectivity index (χ1n) is 3.33. The van der Waals surface area contributed by atoms with Crippen molar-refractivity contribution in [3.63, 3.8) is 0 Å². The molecule has 1 aromatic carbocycles. The van der Waals surface area contributed by atoms with Gasteiger partial charge >= 0.3 is 5.97 Å². The van der Waals surface area contributed by atoms with E-state index >= 15 is 0 Å². The molecule has 0 amide bonds. The highest BCUT2D eigenvalue weighted by Gasteiger charge is 2.17. The van der Waals surface area contributed by atoms with Crippen molar-refractivity contribution in [3.05, 3.63) is 35.9 Å². The van der Waals surface area contributed by atoms with Gasteiger partial charge in [0.15, 0.2) is 0 Å². The second-order valence-electron chi connectivity index (χ2n) is 2.23. The highest BCUT2D eigenvalue weighted by Crippen LogP contribution is 2.31. The van der Waals surface area contributed by atoms with Gasteiger partial charge in [0.2, 0.25) is 0 Å². The molecule has 0 aliphatic rings. The van der Waals surface area contributed by atoms with Gasteiger partial charge in [0.25, 0.3) is 0 Å². The van der Waals surface area contributed by atoms with Crippen molar-refractivity contribution < 1.29 is 9.90 Å². The van der Waals surface area contributed by atoms with Crippen LogP contribution in [0.5, 0.6) is 0 Å². The van der Waals surface area contributed by atoms with E-state index < -0.39 is 11.2 Å². The molecular weight excluding hydrogens is 192 g/mol. The standard InChI is InChI=1S/C8H8O2S2/c9-8(10)7(12-11)6-4-2-1-3-5-6/h1-5,7,11H,(H,9,10). The Hall–Kier alpha value is -0.610. The second-order valence-corrected chi connectivity index (χ2v) is 3.55. The van der Waals surface area contributed by atoms with Crippen LogP contribution in [-0.2, 0) is 4.79 Å². The first-order valence-corrected chi connectivity index (χ1v) is 5.27. The Bertz CT molecular complexity index is 261. The zero-order valence-electron chi connectivity index (χ0n) is 6.18. The van der Waals surface area contributed by atoms with Crippen LogP contribution in [0.1, 0.15) is 10.8 Å². The van der Waals surface area contributed by atoms with Gasteiger partial charge in [-0.1, -0.05) is 41.1 Å². The van der Waals surface area contributed by atoms with Crippen LogP contribution in [-0.4, -0.2) is 11.1 Å². The molecule has 2 nitrogen and oxygen atoms in total. The van der Waals surface area contributed by atoms with Gasteiger partial charge in [0, 0.05) is 0 Å². The number of carboxylic acids is 1. The molecule has 0 radical (unpaired) electrons. The van der Waals surface area contributed by atoms with Crippen LogP contribution in [0.3, 0.4) is 0 Å². The molecule has 0 heterocycles. The van der Waals surface area contributed by atoms with Crippen molar-refractivity contribution in [3.8, 4) is 0 Å². The van der Waals surface area contributed by atoms with Crippen molar-refractivity contribution in [1.82, 2.24) is 0 Å². The number of benzene rings is 1. The topological polar surface area (TPSA) is 37.3 Å². The minimum atomic E-state index is -0.860. The molecule has 0 bridgehead atoms. The lowest BCUT2D eigenvalue weighted by Gasteiger charge is -2.07. The molecule has 0 aromatic heterocycles. The van der Waals surface area contributed by atoms with Crippen LogP contribution in [0.4, 0.5) is 0 Å². The van der Waals surface area contributed by atoms with Crippen LogP contribution in [0.2, 0.25) is 0 Å². The molecule has 0 aliphatic heterocycles. The lowest BCUT2D eigenvalue weighted by Crippen LogP contribution is -2.05. The van der Waals surface area contributed by atoms with Crippen LogP contribution in [0, 0.1) is 0 Å². The number of hydrogen-bond acceptors (Lipinski definition) is 3. The summed E-state index contributed by atoms with van der Waals surface area (Å²) >= 11 is 3.90. The average molecular weight is 200 g/mol. The minimum Gasteiger partial charge on any atom is -0.480 e. The van der Waals surface area contributed by atoms with E-state index in [4.69, 9.17) is 5.11 Å². The molecule has 0 saturated carbocycles.